The summed E-state index contributed by atoms with van der Waals surface area (Å²) in [6.07, 6.45) is 0. The first-order valence-electron chi connectivity index (χ1n) is 9.56. The minimum absolute atomic E-state index is 0.441. The molecule has 0 aliphatic heterocycles. The first kappa shape index (κ1) is 25.0. The van der Waals surface area contributed by atoms with Crippen LogP contribution in [0.25, 0.3) is 0 Å². The van der Waals surface area contributed by atoms with Gasteiger partial charge >= 0.3 is 0 Å². The molecule has 2 aromatic rings. The summed E-state index contributed by atoms with van der Waals surface area (Å²) in [6, 6.07) is 11.0. The van der Waals surface area contributed by atoms with Gasteiger partial charge in [-0.25, -0.2) is 9.97 Å². The maximum Gasteiger partial charge on any atom is 0.214 e. The van der Waals surface area contributed by atoms with E-state index in [2.05, 4.69) is 41.8 Å². The van der Waals surface area contributed by atoms with E-state index < -0.39 is 0 Å². The van der Waals surface area contributed by atoms with Gasteiger partial charge in [0, 0.05) is 12.1 Å². The summed E-state index contributed by atoms with van der Waals surface area (Å²) >= 11 is 6.59. The van der Waals surface area contributed by atoms with Crippen LogP contribution in [-0.4, -0.2) is 76.0 Å². The van der Waals surface area contributed by atoms with Crippen LogP contribution in [0, 0.1) is 0 Å². The van der Waals surface area contributed by atoms with Gasteiger partial charge in [-0.1, -0.05) is 12.1 Å². The van der Waals surface area contributed by atoms with E-state index in [0.717, 1.165) is 9.21 Å². The smallest absolute Gasteiger partial charge is 0.214 e. The molecule has 2 aromatic heterocycles. The Morgan fingerprint density at radius 1 is 0.500 bits per heavy atom. The van der Waals surface area contributed by atoms with Crippen LogP contribution in [0.4, 0.5) is 0 Å². The molecule has 30 heavy (non-hydrogen) atoms. The van der Waals surface area contributed by atoms with Gasteiger partial charge in [0.25, 0.3) is 0 Å². The van der Waals surface area contributed by atoms with Crippen molar-refractivity contribution in [1.82, 2.24) is 9.97 Å². The third kappa shape index (κ3) is 12.4. The molecular weight excluding hydrogens is 524 g/mol. The van der Waals surface area contributed by atoms with E-state index in [4.69, 9.17) is 28.4 Å². The standard InChI is InChI=1S/C20H26Br2N2O6/c21-17-3-1-5-19(23-17)29-15-13-27-11-9-25-7-8-26-10-12-28-14-16-30-20-6-2-4-18(22)24-20/h1-6H,7-16H2. The van der Waals surface area contributed by atoms with Crippen LogP contribution in [-0.2, 0) is 18.9 Å². The molecule has 2 heterocycles. The predicted molar refractivity (Wildman–Crippen MR) is 118 cm³/mol. The second kappa shape index (κ2) is 16.4. The number of hydrogen-bond donors (Lipinski definition) is 0. The molecule has 0 saturated carbocycles. The zero-order chi connectivity index (χ0) is 21.3. The van der Waals surface area contributed by atoms with E-state index in [0.29, 0.717) is 77.8 Å². The van der Waals surface area contributed by atoms with Crippen LogP contribution >= 0.6 is 31.9 Å². The van der Waals surface area contributed by atoms with Gasteiger partial charge in [-0.2, -0.15) is 0 Å². The third-order valence-electron chi connectivity index (χ3n) is 3.45. The maximum atomic E-state index is 5.47. The summed E-state index contributed by atoms with van der Waals surface area (Å²) in [5.41, 5.74) is 0. The third-order valence-corrected chi connectivity index (χ3v) is 4.33. The van der Waals surface area contributed by atoms with Crippen molar-refractivity contribution in [2.24, 2.45) is 0 Å². The zero-order valence-corrected chi connectivity index (χ0v) is 19.8. The average Bonchev–Trinajstić information content (AvgIpc) is 2.73. The molecule has 0 atom stereocenters. The second-order valence-corrected chi connectivity index (χ2v) is 7.37. The lowest BCUT2D eigenvalue weighted by Gasteiger charge is -2.08. The fourth-order valence-electron chi connectivity index (χ4n) is 2.11. The van der Waals surface area contributed by atoms with Crippen LogP contribution in [0.15, 0.2) is 45.6 Å². The predicted octanol–water partition coefficient (Wildman–Crippen LogP) is 3.53. The number of ether oxygens (including phenoxy) is 6. The van der Waals surface area contributed by atoms with Gasteiger partial charge in [-0.3, -0.25) is 0 Å². The molecule has 0 aliphatic rings. The van der Waals surface area contributed by atoms with E-state index in [9.17, 15) is 0 Å². The molecule has 0 fully saturated rings. The van der Waals surface area contributed by atoms with Gasteiger partial charge in [0.15, 0.2) is 0 Å². The molecule has 0 aliphatic carbocycles. The van der Waals surface area contributed by atoms with Crippen LogP contribution < -0.4 is 9.47 Å². The number of aromatic nitrogens is 2. The van der Waals surface area contributed by atoms with Crippen molar-refractivity contribution in [1.29, 1.82) is 0 Å². The number of hydrogen-bond acceptors (Lipinski definition) is 8. The van der Waals surface area contributed by atoms with Gasteiger partial charge in [0.2, 0.25) is 11.8 Å². The summed E-state index contributed by atoms with van der Waals surface area (Å²) in [4.78, 5) is 8.35. The Morgan fingerprint density at radius 3 is 1.17 bits per heavy atom. The van der Waals surface area contributed by atoms with Crippen molar-refractivity contribution < 1.29 is 28.4 Å². The maximum absolute atomic E-state index is 5.47. The van der Waals surface area contributed by atoms with Gasteiger partial charge in [0.1, 0.15) is 22.4 Å². The zero-order valence-electron chi connectivity index (χ0n) is 16.6. The molecule has 0 aromatic carbocycles. The minimum atomic E-state index is 0.441. The van der Waals surface area contributed by atoms with E-state index in [-0.39, 0.29) is 0 Å². The highest BCUT2D eigenvalue weighted by atomic mass is 79.9. The fraction of sp³-hybridized carbons (Fsp3) is 0.500. The Hall–Kier alpha value is -1.30. The van der Waals surface area contributed by atoms with E-state index in [1.54, 1.807) is 12.1 Å². The van der Waals surface area contributed by atoms with Crippen LogP contribution in [0.1, 0.15) is 0 Å². The summed E-state index contributed by atoms with van der Waals surface area (Å²) in [6.45, 7) is 4.90. The van der Waals surface area contributed by atoms with Gasteiger partial charge in [0.05, 0.1) is 52.9 Å². The molecular formula is C20H26Br2N2O6. The molecule has 0 spiro atoms. The molecule has 0 unspecified atom stereocenters. The average molecular weight is 550 g/mol. The summed E-state index contributed by atoms with van der Waals surface area (Å²) in [7, 11) is 0. The SMILES string of the molecule is Brc1cccc(OCCOCCOCCOCCOCCOc2cccc(Br)n2)n1. The lowest BCUT2D eigenvalue weighted by atomic mass is 10.5. The van der Waals surface area contributed by atoms with Crippen molar-refractivity contribution in [3.05, 3.63) is 45.6 Å². The lowest BCUT2D eigenvalue weighted by Crippen LogP contribution is -2.15. The van der Waals surface area contributed by atoms with Crippen molar-refractivity contribution in [3.63, 3.8) is 0 Å². The van der Waals surface area contributed by atoms with Crippen molar-refractivity contribution in [2.45, 2.75) is 0 Å². The molecule has 0 saturated heterocycles. The fourth-order valence-corrected chi connectivity index (χ4v) is 2.77. The quantitative estimate of drug-likeness (QED) is 0.219. The topological polar surface area (TPSA) is 81.2 Å². The Bertz CT molecular complexity index is 651. The van der Waals surface area contributed by atoms with Crippen LogP contribution in [0.2, 0.25) is 0 Å². The van der Waals surface area contributed by atoms with E-state index in [1.165, 1.54) is 0 Å². The highest BCUT2D eigenvalue weighted by Gasteiger charge is 1.98. The highest BCUT2D eigenvalue weighted by molar-refractivity contribution is 9.10. The molecule has 2 rings (SSSR count). The Morgan fingerprint density at radius 2 is 0.833 bits per heavy atom. The molecule has 8 nitrogen and oxygen atoms in total. The summed E-state index contributed by atoms with van der Waals surface area (Å²) in [5, 5.41) is 0. The monoisotopic (exact) mass is 548 g/mol. The van der Waals surface area contributed by atoms with Crippen LogP contribution in [0.3, 0.4) is 0 Å². The lowest BCUT2D eigenvalue weighted by molar-refractivity contribution is -0.00721. The summed E-state index contributed by atoms with van der Waals surface area (Å²) < 4.78 is 34.2. The number of rotatable bonds is 17. The second-order valence-electron chi connectivity index (χ2n) is 5.74. The highest BCUT2D eigenvalue weighted by Crippen LogP contribution is 2.12. The summed E-state index contributed by atoms with van der Waals surface area (Å²) in [5.74, 6) is 1.14. The number of nitrogens with zero attached hydrogens (tertiary/aromatic N) is 2. The number of halogens is 2. The van der Waals surface area contributed by atoms with E-state index >= 15 is 0 Å². The molecule has 0 radical (unpaired) electrons. The Balaban J connectivity index is 1.28. The Kier molecular flexibility index (Phi) is 13.6. The van der Waals surface area contributed by atoms with E-state index in [1.807, 2.05) is 24.3 Å². The normalized spacial score (nSPS) is 10.9. The van der Waals surface area contributed by atoms with Crippen molar-refractivity contribution in [3.8, 4) is 11.8 Å². The molecule has 10 heteroatoms. The van der Waals surface area contributed by atoms with Crippen molar-refractivity contribution >= 4 is 31.9 Å². The molecule has 0 bridgehead atoms. The Labute approximate surface area is 193 Å². The van der Waals surface area contributed by atoms with Crippen LogP contribution in [0.5, 0.6) is 11.8 Å². The minimum Gasteiger partial charge on any atom is -0.475 e. The molecule has 0 N–H and O–H groups in total. The van der Waals surface area contributed by atoms with Gasteiger partial charge in [-0.05, 0) is 44.0 Å². The number of pyridine rings is 2. The first-order chi connectivity index (χ1) is 14.7. The molecule has 0 amide bonds. The first-order valence-corrected chi connectivity index (χ1v) is 11.1. The van der Waals surface area contributed by atoms with Crippen molar-refractivity contribution in [2.75, 3.05) is 66.1 Å². The van der Waals surface area contributed by atoms with Gasteiger partial charge in [-0.15, -0.1) is 0 Å². The largest absolute Gasteiger partial charge is 0.475 e. The van der Waals surface area contributed by atoms with Gasteiger partial charge < -0.3 is 28.4 Å². The molecule has 166 valence electrons.